The molecule has 0 spiro atoms. The van der Waals surface area contributed by atoms with E-state index in [0.29, 0.717) is 80.7 Å². The first-order valence-electron chi connectivity index (χ1n) is 17.6. The molecule has 16 nitrogen and oxygen atoms in total. The number of non-ortho nitro benzene ring substituents is 2. The van der Waals surface area contributed by atoms with Gasteiger partial charge in [0.15, 0.2) is 5.52 Å². The topological polar surface area (TPSA) is 195 Å². The molecule has 0 aliphatic carbocycles. The molecule has 0 bridgehead atoms. The molecule has 16 heteroatoms. The van der Waals surface area contributed by atoms with Gasteiger partial charge in [0.2, 0.25) is 5.95 Å². The summed E-state index contributed by atoms with van der Waals surface area (Å²) in [4.78, 5) is 40.0. The van der Waals surface area contributed by atoms with Crippen LogP contribution in [-0.2, 0) is 20.1 Å². The summed E-state index contributed by atoms with van der Waals surface area (Å²) in [6.07, 6.45) is 0. The third-order valence-corrected chi connectivity index (χ3v) is 9.68. The Morgan fingerprint density at radius 2 is 1.18 bits per heavy atom. The summed E-state index contributed by atoms with van der Waals surface area (Å²) in [6, 6.07) is 26.1. The quantitative estimate of drug-likeness (QED) is 0.111. The number of nitro groups is 2. The molecule has 0 unspecified atom stereocenters. The number of hydrogen-bond donors (Lipinski definition) is 1. The van der Waals surface area contributed by atoms with E-state index in [1.54, 1.807) is 45.5 Å². The van der Waals surface area contributed by atoms with E-state index in [0.717, 1.165) is 16.7 Å². The van der Waals surface area contributed by atoms with Crippen LogP contribution in [0.1, 0.15) is 34.0 Å². The fraction of sp³-hybridized carbons (Fsp3) is 0.200. The molecule has 56 heavy (non-hydrogen) atoms. The summed E-state index contributed by atoms with van der Waals surface area (Å²) in [5.74, 6) is 1.76. The van der Waals surface area contributed by atoms with E-state index in [9.17, 15) is 25.0 Å². The molecule has 0 atom stereocenters. The maximum atomic E-state index is 12.9. The number of anilines is 1. The normalized spacial score (nSPS) is 11.2. The number of imidazole rings is 2. The SMILES string of the molecule is CNc1nc2c([N+](=O)[O-])cc(-c3c(C)noc3C)cc2n1Cc1ccccc1.Cc1noc(C)c1-c1cc([N+](=O)[O-])c2c(c1)n(Cc1ccccc1)c(=O)n2C. The van der Waals surface area contributed by atoms with Gasteiger partial charge in [-0.2, -0.15) is 0 Å². The second-order valence-electron chi connectivity index (χ2n) is 13.3. The minimum atomic E-state index is -0.462. The number of nitrogens with zero attached hydrogens (tertiary/aromatic N) is 8. The number of aromatic nitrogens is 6. The van der Waals surface area contributed by atoms with Crippen LogP contribution >= 0.6 is 0 Å². The summed E-state index contributed by atoms with van der Waals surface area (Å²) in [6.45, 7) is 8.01. The van der Waals surface area contributed by atoms with Crippen LogP contribution in [0.15, 0.2) is 98.8 Å². The number of nitro benzene ring substituents is 2. The lowest BCUT2D eigenvalue weighted by Gasteiger charge is -2.09. The Kier molecular flexibility index (Phi) is 9.78. The molecule has 4 aromatic carbocycles. The van der Waals surface area contributed by atoms with Crippen LogP contribution in [0, 0.1) is 47.9 Å². The van der Waals surface area contributed by atoms with Gasteiger partial charge in [-0.1, -0.05) is 71.0 Å². The first-order valence-corrected chi connectivity index (χ1v) is 17.6. The molecule has 0 fully saturated rings. The highest BCUT2D eigenvalue weighted by atomic mass is 16.6. The average Bonchev–Trinajstić information content (AvgIpc) is 3.90. The maximum absolute atomic E-state index is 12.9. The Labute approximate surface area is 318 Å². The van der Waals surface area contributed by atoms with Gasteiger partial charge in [-0.05, 0) is 62.1 Å². The molecule has 0 saturated carbocycles. The van der Waals surface area contributed by atoms with Crippen molar-refractivity contribution >= 4 is 39.4 Å². The van der Waals surface area contributed by atoms with Crippen LogP contribution in [0.5, 0.6) is 0 Å². The number of nitrogens with one attached hydrogen (secondary N) is 1. The zero-order valence-corrected chi connectivity index (χ0v) is 31.4. The summed E-state index contributed by atoms with van der Waals surface area (Å²) >= 11 is 0. The fourth-order valence-electron chi connectivity index (χ4n) is 7.13. The molecule has 0 saturated heterocycles. The van der Waals surface area contributed by atoms with Gasteiger partial charge < -0.3 is 18.9 Å². The lowest BCUT2D eigenvalue weighted by atomic mass is 10.0. The van der Waals surface area contributed by atoms with Crippen molar-refractivity contribution in [2.75, 3.05) is 12.4 Å². The molecule has 0 radical (unpaired) electrons. The fourth-order valence-corrected chi connectivity index (χ4v) is 7.13. The minimum Gasteiger partial charge on any atom is -0.361 e. The zero-order valence-electron chi connectivity index (χ0n) is 31.4. The van der Waals surface area contributed by atoms with E-state index in [1.165, 1.54) is 16.7 Å². The molecule has 8 aromatic rings. The highest BCUT2D eigenvalue weighted by Gasteiger charge is 2.26. The Hall–Kier alpha value is -7.36. The molecule has 284 valence electrons. The van der Waals surface area contributed by atoms with Crippen molar-refractivity contribution in [3.63, 3.8) is 0 Å². The molecular formula is C40H37N9O7. The van der Waals surface area contributed by atoms with Crippen LogP contribution < -0.4 is 11.0 Å². The Balaban J connectivity index is 0.000000172. The van der Waals surface area contributed by atoms with Gasteiger partial charge in [0.05, 0.1) is 45.4 Å². The lowest BCUT2D eigenvalue weighted by molar-refractivity contribution is -0.383. The second-order valence-corrected chi connectivity index (χ2v) is 13.3. The van der Waals surface area contributed by atoms with Gasteiger partial charge >= 0.3 is 5.69 Å². The lowest BCUT2D eigenvalue weighted by Crippen LogP contribution is -2.22. The highest BCUT2D eigenvalue weighted by molar-refractivity contribution is 5.93. The van der Waals surface area contributed by atoms with Crippen molar-refractivity contribution in [2.24, 2.45) is 7.05 Å². The predicted octanol–water partition coefficient (Wildman–Crippen LogP) is 7.87. The van der Waals surface area contributed by atoms with E-state index in [4.69, 9.17) is 9.05 Å². The molecule has 0 amide bonds. The van der Waals surface area contributed by atoms with E-state index in [1.807, 2.05) is 78.2 Å². The second kappa shape index (κ2) is 14.8. The Morgan fingerprint density at radius 3 is 1.64 bits per heavy atom. The van der Waals surface area contributed by atoms with Gasteiger partial charge in [-0.3, -0.25) is 29.4 Å². The number of hydrogen-bond acceptors (Lipinski definition) is 11. The third kappa shape index (κ3) is 6.68. The molecule has 0 aliphatic heterocycles. The smallest absolute Gasteiger partial charge is 0.329 e. The standard InChI is InChI=1S/C20H19N5O3.C20H18N4O4/c1-12-18(13(2)28-23-12)15-9-16-19(17(10-15)25(26)27)22-20(21-3)24(16)11-14-7-5-4-6-8-14;1-12-18(13(2)28-21-12)15-9-16-19(17(10-15)24(26)27)22(3)20(25)23(16)11-14-7-5-4-6-8-14/h4-10H,11H2,1-3H3,(H,21,22);4-10H,11H2,1-3H3. The zero-order chi connectivity index (χ0) is 39.8. The highest BCUT2D eigenvalue weighted by Crippen LogP contribution is 2.37. The van der Waals surface area contributed by atoms with E-state index in [2.05, 4.69) is 20.6 Å². The van der Waals surface area contributed by atoms with Gasteiger partial charge in [0.1, 0.15) is 17.0 Å². The summed E-state index contributed by atoms with van der Waals surface area (Å²) in [7, 11) is 3.30. The number of benzene rings is 4. The molecular weight excluding hydrogens is 718 g/mol. The predicted molar refractivity (Wildman–Crippen MR) is 211 cm³/mol. The maximum Gasteiger partial charge on any atom is 0.329 e. The molecule has 4 aromatic heterocycles. The van der Waals surface area contributed by atoms with Gasteiger partial charge in [-0.25, -0.2) is 9.78 Å². The summed E-state index contributed by atoms with van der Waals surface area (Å²) < 4.78 is 15.3. The molecule has 4 heterocycles. The van der Waals surface area contributed by atoms with Crippen molar-refractivity contribution < 1.29 is 18.9 Å². The summed E-state index contributed by atoms with van der Waals surface area (Å²) in [5, 5.41) is 34.5. The monoisotopic (exact) mass is 755 g/mol. The van der Waals surface area contributed by atoms with E-state index < -0.39 is 9.85 Å². The molecule has 0 aliphatic rings. The van der Waals surface area contributed by atoms with Crippen molar-refractivity contribution in [1.82, 2.24) is 29.0 Å². The van der Waals surface area contributed by atoms with Gasteiger partial charge in [-0.15, -0.1) is 0 Å². The largest absolute Gasteiger partial charge is 0.361 e. The minimum absolute atomic E-state index is 0.0455. The van der Waals surface area contributed by atoms with E-state index >= 15 is 0 Å². The average molecular weight is 756 g/mol. The van der Waals surface area contributed by atoms with Crippen LogP contribution in [0.3, 0.4) is 0 Å². The van der Waals surface area contributed by atoms with Crippen molar-refractivity contribution in [3.8, 4) is 22.3 Å². The van der Waals surface area contributed by atoms with Crippen molar-refractivity contribution in [2.45, 2.75) is 40.8 Å². The van der Waals surface area contributed by atoms with E-state index in [-0.39, 0.29) is 17.1 Å². The van der Waals surface area contributed by atoms with Crippen LogP contribution in [0.4, 0.5) is 17.3 Å². The molecule has 8 rings (SSSR count). The Bertz CT molecular complexity index is 2790. The first-order chi connectivity index (χ1) is 26.9. The molecule has 1 N–H and O–H groups in total. The Morgan fingerprint density at radius 1 is 0.696 bits per heavy atom. The van der Waals surface area contributed by atoms with Gasteiger partial charge in [0.25, 0.3) is 11.4 Å². The van der Waals surface area contributed by atoms with Gasteiger partial charge in [0, 0.05) is 37.4 Å². The van der Waals surface area contributed by atoms with Crippen LogP contribution in [0.2, 0.25) is 0 Å². The first kappa shape index (κ1) is 37.0. The van der Waals surface area contributed by atoms with Crippen molar-refractivity contribution in [1.29, 1.82) is 0 Å². The number of aryl methyl sites for hydroxylation is 5. The van der Waals surface area contributed by atoms with Crippen LogP contribution in [-0.4, -0.2) is 45.9 Å². The summed E-state index contributed by atoms with van der Waals surface area (Å²) in [5.41, 5.74) is 7.43. The number of rotatable bonds is 9. The van der Waals surface area contributed by atoms with Crippen molar-refractivity contribution in [3.05, 3.63) is 150 Å². The third-order valence-electron chi connectivity index (χ3n) is 9.68. The van der Waals surface area contributed by atoms with Crippen LogP contribution in [0.25, 0.3) is 44.3 Å². The number of fused-ring (bicyclic) bond motifs is 2.